The Morgan fingerprint density at radius 1 is 1.40 bits per heavy atom. The maximum atomic E-state index is 11.7. The summed E-state index contributed by atoms with van der Waals surface area (Å²) >= 11 is 0. The molecule has 0 fully saturated rings. The molecule has 0 aliphatic rings. The smallest absolute Gasteiger partial charge is 0.145 e. The number of hydrogen-bond acceptors (Lipinski definition) is 3. The van der Waals surface area contributed by atoms with E-state index >= 15 is 0 Å². The van der Waals surface area contributed by atoms with E-state index in [1.54, 1.807) is 17.9 Å². The van der Waals surface area contributed by atoms with Gasteiger partial charge in [-0.05, 0) is 16.7 Å². The third-order valence-electron chi connectivity index (χ3n) is 2.12. The second kappa shape index (κ2) is 4.01. The summed E-state index contributed by atoms with van der Waals surface area (Å²) in [4.78, 5) is 0. The lowest BCUT2D eigenvalue weighted by molar-refractivity contribution is -0.727. The molecule has 0 saturated carbocycles. The molecule has 0 bridgehead atoms. The van der Waals surface area contributed by atoms with Gasteiger partial charge in [0.1, 0.15) is 5.52 Å². The fourth-order valence-corrected chi connectivity index (χ4v) is 2.31. The van der Waals surface area contributed by atoms with E-state index in [0.29, 0.717) is 5.30 Å². The molecule has 1 unspecified atom stereocenters. The zero-order chi connectivity index (χ0) is 10.8. The normalized spacial score (nSPS) is 11.7. The second-order valence-corrected chi connectivity index (χ2v) is 4.51. The molecule has 5 heteroatoms. The number of nitrogens with zero attached hydrogens (tertiary/aromatic N) is 2. The Balaban J connectivity index is 2.76. The van der Waals surface area contributed by atoms with Crippen LogP contribution in [0.25, 0.3) is 10.9 Å². The van der Waals surface area contributed by atoms with E-state index in [1.807, 2.05) is 24.3 Å². The van der Waals surface area contributed by atoms with E-state index in [-0.39, 0.29) is 0 Å². The van der Waals surface area contributed by atoms with Crippen LogP contribution in [0.3, 0.4) is 0 Å². The van der Waals surface area contributed by atoms with Crippen LogP contribution in [0.5, 0.6) is 0 Å². The first-order valence-corrected chi connectivity index (χ1v) is 5.67. The number of rotatable bonds is 2. The Bertz CT molecular complexity index is 528. The van der Waals surface area contributed by atoms with Crippen LogP contribution in [-0.2, 0) is 16.1 Å². The Morgan fingerprint density at radius 2 is 2.13 bits per heavy atom. The average Bonchev–Trinajstić information content (AvgIpc) is 2.26. The largest absolute Gasteiger partial charge is 0.555 e. The van der Waals surface area contributed by atoms with Gasteiger partial charge in [-0.25, -0.2) is 0 Å². The monoisotopic (exact) mass is 222 g/mol. The molecule has 0 aliphatic heterocycles. The highest BCUT2D eigenvalue weighted by atomic mass is 31.1. The van der Waals surface area contributed by atoms with Crippen LogP contribution in [0.4, 0.5) is 0 Å². The Labute approximate surface area is 88.4 Å². The van der Waals surface area contributed by atoms with Crippen molar-refractivity contribution >= 4 is 24.2 Å². The molecule has 0 aliphatic carbocycles. The van der Waals surface area contributed by atoms with Gasteiger partial charge < -0.3 is 0 Å². The van der Waals surface area contributed by atoms with Crippen molar-refractivity contribution in [2.75, 3.05) is 7.11 Å². The lowest BCUT2D eigenvalue weighted by Crippen LogP contribution is -2.35. The van der Waals surface area contributed by atoms with E-state index in [1.165, 1.54) is 7.11 Å². The molecule has 2 aromatic rings. The van der Waals surface area contributed by atoms with Gasteiger partial charge in [0.05, 0.1) is 12.5 Å². The minimum absolute atomic E-state index is 0.681. The molecule has 0 saturated heterocycles. The molecule has 1 atom stereocenters. The number of aromatic nitrogens is 2. The Hall–Kier alpha value is -1.38. The van der Waals surface area contributed by atoms with Crippen molar-refractivity contribution in [1.82, 2.24) is 5.10 Å². The molecule has 1 heterocycles. The fourth-order valence-electron chi connectivity index (χ4n) is 1.47. The number of fused-ring (bicyclic) bond motifs is 1. The van der Waals surface area contributed by atoms with Gasteiger partial charge in [-0.2, -0.15) is 0 Å². The maximum Gasteiger partial charge on any atom is 0.555 e. The van der Waals surface area contributed by atoms with E-state index in [2.05, 4.69) is 5.10 Å². The molecule has 15 heavy (non-hydrogen) atoms. The van der Waals surface area contributed by atoms with Crippen LogP contribution in [0.2, 0.25) is 0 Å². The third-order valence-corrected chi connectivity index (χ3v) is 3.20. The molecule has 1 aromatic heterocycles. The van der Waals surface area contributed by atoms with Crippen LogP contribution < -0.4 is 9.99 Å². The lowest BCUT2D eigenvalue weighted by Gasteiger charge is -1.93. The average molecular weight is 222 g/mol. The fraction of sp³-hybridized carbons (Fsp3) is 0.200. The third kappa shape index (κ3) is 1.87. The van der Waals surface area contributed by atoms with Crippen LogP contribution in [-0.4, -0.2) is 12.2 Å². The molecule has 0 N–H and O–H groups in total. The number of hydrogen-bond donors (Lipinski definition) is 0. The SMILES string of the molecule is CO[P+](=O)c1c[n+](C)nc2ccccc12. The van der Waals surface area contributed by atoms with Gasteiger partial charge in [0.15, 0.2) is 7.05 Å². The Kier molecular flexibility index (Phi) is 2.71. The number of aryl methyl sites for hydroxylation is 1. The highest BCUT2D eigenvalue weighted by Crippen LogP contribution is 2.23. The quantitative estimate of drug-likeness (QED) is 0.564. The molecule has 2 rings (SSSR count). The summed E-state index contributed by atoms with van der Waals surface area (Å²) < 4.78 is 18.2. The van der Waals surface area contributed by atoms with Crippen LogP contribution in [0.1, 0.15) is 0 Å². The standard InChI is InChI=1S/C10H11N2O2P/c1-12-7-10(15(13)14-2)8-5-3-4-6-9(8)11-12/h3-7H,1-2H3/q+2. The minimum atomic E-state index is -1.80. The van der Waals surface area contributed by atoms with Gasteiger partial charge in [0.25, 0.3) is 11.5 Å². The van der Waals surface area contributed by atoms with Gasteiger partial charge >= 0.3 is 8.03 Å². The first-order chi connectivity index (χ1) is 7.22. The van der Waals surface area contributed by atoms with Crippen LogP contribution in [0, 0.1) is 0 Å². The summed E-state index contributed by atoms with van der Waals surface area (Å²) in [6.07, 6.45) is 1.73. The summed E-state index contributed by atoms with van der Waals surface area (Å²) in [6.45, 7) is 0. The lowest BCUT2D eigenvalue weighted by atomic mass is 10.2. The van der Waals surface area contributed by atoms with Crippen molar-refractivity contribution < 1.29 is 13.8 Å². The number of benzene rings is 1. The summed E-state index contributed by atoms with van der Waals surface area (Å²) in [7, 11) is 1.44. The van der Waals surface area contributed by atoms with Crippen LogP contribution in [0.15, 0.2) is 30.5 Å². The van der Waals surface area contributed by atoms with Gasteiger partial charge in [-0.15, -0.1) is 4.52 Å². The van der Waals surface area contributed by atoms with Gasteiger partial charge in [0.2, 0.25) is 0 Å². The predicted molar refractivity (Wildman–Crippen MR) is 57.2 cm³/mol. The molecule has 0 radical (unpaired) electrons. The molecule has 1 aromatic carbocycles. The Morgan fingerprint density at radius 3 is 2.87 bits per heavy atom. The van der Waals surface area contributed by atoms with Gasteiger partial charge in [0, 0.05) is 5.10 Å². The zero-order valence-corrected chi connectivity index (χ0v) is 9.44. The second-order valence-electron chi connectivity index (χ2n) is 3.14. The maximum absolute atomic E-state index is 11.7. The summed E-state index contributed by atoms with van der Waals surface area (Å²) in [5, 5.41) is 5.84. The van der Waals surface area contributed by atoms with E-state index in [4.69, 9.17) is 4.52 Å². The van der Waals surface area contributed by atoms with Crippen molar-refractivity contribution in [3.8, 4) is 0 Å². The van der Waals surface area contributed by atoms with Crippen LogP contribution >= 0.6 is 8.03 Å². The first-order valence-electron chi connectivity index (χ1n) is 4.49. The van der Waals surface area contributed by atoms with Gasteiger partial charge in [-0.1, -0.05) is 16.8 Å². The highest BCUT2D eigenvalue weighted by molar-refractivity contribution is 7.49. The van der Waals surface area contributed by atoms with Crippen molar-refractivity contribution in [3.05, 3.63) is 30.5 Å². The molecule has 4 nitrogen and oxygen atoms in total. The molecular weight excluding hydrogens is 211 g/mol. The molecule has 76 valence electrons. The summed E-state index contributed by atoms with van der Waals surface area (Å²) in [5.41, 5.74) is 0.818. The van der Waals surface area contributed by atoms with Crippen molar-refractivity contribution in [3.63, 3.8) is 0 Å². The summed E-state index contributed by atoms with van der Waals surface area (Å²) in [5.74, 6) is 0. The summed E-state index contributed by atoms with van der Waals surface area (Å²) in [6, 6.07) is 7.58. The first kappa shape index (κ1) is 10.1. The van der Waals surface area contributed by atoms with E-state index in [9.17, 15) is 4.57 Å². The molecule has 0 spiro atoms. The topological polar surface area (TPSA) is 43.1 Å². The molecule has 0 amide bonds. The molecular formula is C10H11N2O2P+2. The van der Waals surface area contributed by atoms with E-state index < -0.39 is 8.03 Å². The van der Waals surface area contributed by atoms with Gasteiger partial charge in [-0.3, -0.25) is 0 Å². The minimum Gasteiger partial charge on any atom is -0.145 e. The van der Waals surface area contributed by atoms with Crippen molar-refractivity contribution in [1.29, 1.82) is 0 Å². The highest BCUT2D eigenvalue weighted by Gasteiger charge is 2.28. The van der Waals surface area contributed by atoms with Crippen molar-refractivity contribution in [2.24, 2.45) is 7.05 Å². The van der Waals surface area contributed by atoms with E-state index in [0.717, 1.165) is 10.9 Å². The zero-order valence-electron chi connectivity index (χ0n) is 8.54. The van der Waals surface area contributed by atoms with Crippen molar-refractivity contribution in [2.45, 2.75) is 0 Å². The predicted octanol–water partition coefficient (Wildman–Crippen LogP) is 1.07.